The quantitative estimate of drug-likeness (QED) is 0.0800. The van der Waals surface area contributed by atoms with E-state index in [9.17, 15) is 20.2 Å². The summed E-state index contributed by atoms with van der Waals surface area (Å²) in [6.07, 6.45) is 6.78. The number of nitro groups is 1. The molecule has 0 bridgehead atoms. The molecule has 206 valence electrons. The van der Waals surface area contributed by atoms with E-state index in [1.54, 1.807) is 66.7 Å². The number of nitriles is 1. The van der Waals surface area contributed by atoms with Gasteiger partial charge in [0.1, 0.15) is 0 Å². The Kier molecular flexibility index (Phi) is 8.91. The first-order chi connectivity index (χ1) is 19.3. The molecule has 2 aliphatic heterocycles. The molecule has 42 heavy (non-hydrogen) atoms. The Balaban J connectivity index is 0.00000202. The fraction of sp³-hybridized carbons (Fsp3) is 0.0938. The second-order valence-electron chi connectivity index (χ2n) is 9.43. The van der Waals surface area contributed by atoms with Crippen LogP contribution in [0.4, 0.5) is 11.4 Å². The van der Waals surface area contributed by atoms with Crippen LogP contribution in [0.2, 0.25) is 0 Å². The van der Waals surface area contributed by atoms with Gasteiger partial charge in [-0.25, -0.2) is 12.2 Å². The monoisotopic (exact) mass is 891 g/mol. The topological polar surface area (TPSA) is 106 Å². The molecule has 1 atom stereocenters. The van der Waals surface area contributed by atoms with Crippen molar-refractivity contribution in [3.8, 4) is 28.7 Å². The van der Waals surface area contributed by atoms with E-state index in [1.165, 1.54) is 13.2 Å². The first kappa shape index (κ1) is 31.0. The van der Waals surface area contributed by atoms with Crippen LogP contribution < -0.4 is 14.4 Å². The van der Waals surface area contributed by atoms with Crippen molar-refractivity contribution in [2.75, 3.05) is 19.1 Å². The summed E-state index contributed by atoms with van der Waals surface area (Å²) >= 11 is 0. The van der Waals surface area contributed by atoms with E-state index >= 15 is 0 Å². The molecule has 0 fully saturated rings. The standard InChI is InChI=1S/C32H21N3O5.Hf.W/c1-34-26-13-8-20(19-33)16-25(26)18-32(34)15-14-24-17-27(35(37)38)31(39-2)28(30(24)40-32)21-9-11-23(12-10-21)29(36)22-6-4-3-5-7-22;;/h3-14,16-18H,1-2H3;;/q-2;;. The molecule has 10 heteroatoms. The minimum Gasteiger partial charge on any atom is -0.508 e. The predicted molar refractivity (Wildman–Crippen MR) is 149 cm³/mol. The van der Waals surface area contributed by atoms with E-state index in [0.717, 1.165) is 11.3 Å². The number of fused-ring (bicyclic) bond motifs is 2. The van der Waals surface area contributed by atoms with E-state index in [-0.39, 0.29) is 64.1 Å². The largest absolute Gasteiger partial charge is 0.508 e. The molecule has 4 aromatic carbocycles. The van der Waals surface area contributed by atoms with E-state index in [1.807, 2.05) is 30.5 Å². The number of carbonyl (C=O) groups is 1. The Hall–Kier alpha value is -3.99. The molecule has 0 radical (unpaired) electrons. The average molecular weight is 890 g/mol. The molecular weight excluding hydrogens is 869 g/mol. The maximum absolute atomic E-state index is 13.0. The zero-order valence-electron chi connectivity index (χ0n) is 22.5. The number of rotatable bonds is 5. The molecular formula is C32H21HfN3O5W-2. The molecule has 0 N–H and O–H groups in total. The van der Waals surface area contributed by atoms with Crippen molar-refractivity contribution in [2.24, 2.45) is 0 Å². The van der Waals surface area contributed by atoms with Crippen molar-refractivity contribution in [1.82, 2.24) is 0 Å². The van der Waals surface area contributed by atoms with Crippen molar-refractivity contribution in [1.29, 1.82) is 5.26 Å². The number of nitrogens with zero attached hydrogens (tertiary/aromatic N) is 3. The third-order valence-corrected chi connectivity index (χ3v) is 7.17. The number of hydrogen-bond acceptors (Lipinski definition) is 7. The molecule has 1 unspecified atom stereocenters. The van der Waals surface area contributed by atoms with Crippen LogP contribution >= 0.6 is 0 Å². The van der Waals surface area contributed by atoms with Crippen LogP contribution in [0.5, 0.6) is 11.5 Å². The smallest absolute Gasteiger partial charge is 0.294 e. The fourth-order valence-corrected chi connectivity index (χ4v) is 5.15. The molecule has 0 saturated carbocycles. The van der Waals surface area contributed by atoms with Crippen LogP contribution in [0.1, 0.15) is 32.6 Å². The molecule has 8 nitrogen and oxygen atoms in total. The number of benzene rings is 4. The summed E-state index contributed by atoms with van der Waals surface area (Å²) in [5, 5.41) is 21.4. The molecule has 0 aromatic heterocycles. The summed E-state index contributed by atoms with van der Waals surface area (Å²) in [6, 6.07) is 24.7. The molecule has 4 aromatic rings. The van der Waals surface area contributed by atoms with E-state index in [0.29, 0.717) is 39.1 Å². The molecule has 2 heterocycles. The van der Waals surface area contributed by atoms with Gasteiger partial charge < -0.3 is 14.4 Å². The van der Waals surface area contributed by atoms with Gasteiger partial charge in [0, 0.05) is 58.0 Å². The Labute approximate surface area is 275 Å². The second kappa shape index (κ2) is 12.1. The van der Waals surface area contributed by atoms with Crippen LogP contribution in [-0.2, 0) is 46.9 Å². The van der Waals surface area contributed by atoms with Gasteiger partial charge in [-0.05, 0) is 18.2 Å². The average Bonchev–Trinajstić information content (AvgIpc) is 3.25. The fourth-order valence-electron chi connectivity index (χ4n) is 5.15. The van der Waals surface area contributed by atoms with Gasteiger partial charge in [-0.2, -0.15) is 10.8 Å². The summed E-state index contributed by atoms with van der Waals surface area (Å²) in [4.78, 5) is 26.4. The first-order valence-electron chi connectivity index (χ1n) is 12.4. The van der Waals surface area contributed by atoms with Gasteiger partial charge in [-0.15, -0.1) is 18.1 Å². The minimum absolute atomic E-state index is 0. The molecule has 1 spiro atoms. The van der Waals surface area contributed by atoms with Crippen molar-refractivity contribution < 1.29 is 66.1 Å². The van der Waals surface area contributed by atoms with Gasteiger partial charge in [0.15, 0.2) is 5.78 Å². The third-order valence-electron chi connectivity index (χ3n) is 7.17. The van der Waals surface area contributed by atoms with Gasteiger partial charge in [-0.1, -0.05) is 78.5 Å². The SMILES string of the molecule is COc1c([N+](=O)[O-])cc2c(c1-c1ccc(C(=O)c3ccccc3)cc1)OC1([C-]=C2)[CH-]c2cc(C#N)ccc2N1C.[Hf].[W]. The van der Waals surface area contributed by atoms with Crippen LogP contribution in [0.25, 0.3) is 17.2 Å². The van der Waals surface area contributed by atoms with Gasteiger partial charge in [0.25, 0.3) is 5.69 Å². The number of ketones is 1. The number of nitro benzene ring substituents is 1. The molecule has 2 aliphatic rings. The minimum atomic E-state index is -1.15. The Morgan fingerprint density at radius 3 is 2.43 bits per heavy atom. The second-order valence-corrected chi connectivity index (χ2v) is 9.43. The van der Waals surface area contributed by atoms with Gasteiger partial charge >= 0.3 is 0 Å². The third kappa shape index (κ3) is 5.10. The number of likely N-dealkylation sites (N-methyl/N-ethyl adjacent to an activating group) is 1. The zero-order chi connectivity index (χ0) is 28.0. The number of anilines is 1. The van der Waals surface area contributed by atoms with Crippen LogP contribution in [-0.4, -0.2) is 30.6 Å². The van der Waals surface area contributed by atoms with Gasteiger partial charge in [0.2, 0.25) is 5.75 Å². The molecule has 0 aliphatic carbocycles. The summed E-state index contributed by atoms with van der Waals surface area (Å²) in [6.45, 7) is 0. The molecule has 0 amide bonds. The maximum Gasteiger partial charge on any atom is 0.294 e. The predicted octanol–water partition coefficient (Wildman–Crippen LogP) is 5.98. The Morgan fingerprint density at radius 2 is 1.79 bits per heavy atom. The van der Waals surface area contributed by atoms with Crippen molar-refractivity contribution >= 4 is 23.2 Å². The number of methoxy groups -OCH3 is 1. The summed E-state index contributed by atoms with van der Waals surface area (Å²) < 4.78 is 12.2. The van der Waals surface area contributed by atoms with Crippen LogP contribution in [0, 0.1) is 33.9 Å². The summed E-state index contributed by atoms with van der Waals surface area (Å²) in [5.74, 6) is 0.283. The van der Waals surface area contributed by atoms with E-state index in [2.05, 4.69) is 12.1 Å². The Morgan fingerprint density at radius 1 is 1.10 bits per heavy atom. The molecule has 6 rings (SSSR count). The normalized spacial score (nSPS) is 15.6. The number of ether oxygens (including phenoxy) is 2. The molecule has 0 saturated heterocycles. The van der Waals surface area contributed by atoms with Crippen molar-refractivity contribution in [3.05, 3.63) is 129 Å². The van der Waals surface area contributed by atoms with E-state index in [4.69, 9.17) is 9.47 Å². The number of hydrogen-bond donors (Lipinski definition) is 0. The van der Waals surface area contributed by atoms with Crippen LogP contribution in [0.15, 0.2) is 78.9 Å². The van der Waals surface area contributed by atoms with Gasteiger partial charge in [-0.3, -0.25) is 14.9 Å². The summed E-state index contributed by atoms with van der Waals surface area (Å²) in [5.41, 5.74) is 3.28. The van der Waals surface area contributed by atoms with Gasteiger partial charge in [0.05, 0.1) is 35.1 Å². The maximum atomic E-state index is 13.0. The van der Waals surface area contributed by atoms with Crippen molar-refractivity contribution in [3.63, 3.8) is 0 Å². The summed E-state index contributed by atoms with van der Waals surface area (Å²) in [7, 11) is 3.23. The van der Waals surface area contributed by atoms with E-state index < -0.39 is 10.6 Å². The zero-order valence-corrected chi connectivity index (χ0v) is 29.0. The van der Waals surface area contributed by atoms with Crippen molar-refractivity contribution in [2.45, 2.75) is 5.72 Å². The Bertz CT molecular complexity index is 1770. The van der Waals surface area contributed by atoms with Crippen LogP contribution in [0.3, 0.4) is 0 Å². The first-order valence-corrected chi connectivity index (χ1v) is 12.4. The number of carbonyl (C=O) groups excluding carboxylic acids is 1.